The molecule has 1 atom stereocenters. The second-order valence-electron chi connectivity index (χ2n) is 5.68. The highest BCUT2D eigenvalue weighted by molar-refractivity contribution is 5.37. The van der Waals surface area contributed by atoms with Crippen molar-refractivity contribution in [2.45, 2.75) is 45.6 Å². The fraction of sp³-hybridized carbons (Fsp3) is 0.600. The van der Waals surface area contributed by atoms with E-state index in [-0.39, 0.29) is 11.5 Å². The number of aryl methyl sites for hydroxylation is 1. The smallest absolute Gasteiger partial charge is 0.119 e. The topological polar surface area (TPSA) is 47.3 Å². The molecule has 0 bridgehead atoms. The first kappa shape index (κ1) is 13.4. The molecule has 1 aliphatic carbocycles. The summed E-state index contributed by atoms with van der Waals surface area (Å²) >= 11 is 0. The number of methoxy groups -OCH3 is 1. The van der Waals surface area contributed by atoms with Gasteiger partial charge in [0.2, 0.25) is 0 Å². The van der Waals surface area contributed by atoms with Gasteiger partial charge in [0.05, 0.1) is 13.2 Å². The fourth-order valence-corrected chi connectivity index (χ4v) is 3.24. The molecule has 3 nitrogen and oxygen atoms in total. The minimum Gasteiger partial charge on any atom is -0.497 e. The molecule has 0 spiro atoms. The van der Waals surface area contributed by atoms with Gasteiger partial charge in [0.25, 0.3) is 0 Å². The number of hydrogen-bond acceptors (Lipinski definition) is 3. The maximum absolute atomic E-state index is 5.83. The van der Waals surface area contributed by atoms with Gasteiger partial charge in [0, 0.05) is 0 Å². The Morgan fingerprint density at radius 2 is 2.00 bits per heavy atom. The summed E-state index contributed by atoms with van der Waals surface area (Å²) in [7, 11) is 1.70. The van der Waals surface area contributed by atoms with E-state index in [1.807, 2.05) is 6.07 Å². The molecule has 3 heteroatoms. The van der Waals surface area contributed by atoms with Gasteiger partial charge in [0.1, 0.15) is 5.75 Å². The van der Waals surface area contributed by atoms with Crippen LogP contribution in [0.4, 0.5) is 0 Å². The zero-order chi connectivity index (χ0) is 13.2. The van der Waals surface area contributed by atoms with Crippen molar-refractivity contribution in [1.82, 2.24) is 5.43 Å². The molecule has 0 radical (unpaired) electrons. The van der Waals surface area contributed by atoms with Crippen LogP contribution in [-0.2, 0) is 0 Å². The lowest BCUT2D eigenvalue weighted by molar-refractivity contribution is 0.224. The van der Waals surface area contributed by atoms with E-state index in [0.717, 1.165) is 5.75 Å². The normalized spacial score (nSPS) is 19.8. The molecule has 0 heterocycles. The van der Waals surface area contributed by atoms with Gasteiger partial charge in [-0.3, -0.25) is 11.3 Å². The number of hydrazine groups is 1. The van der Waals surface area contributed by atoms with Crippen molar-refractivity contribution in [3.8, 4) is 5.75 Å². The Kier molecular flexibility index (Phi) is 3.93. The second-order valence-corrected chi connectivity index (χ2v) is 5.68. The maximum Gasteiger partial charge on any atom is 0.119 e. The van der Waals surface area contributed by atoms with Gasteiger partial charge in [-0.05, 0) is 48.4 Å². The van der Waals surface area contributed by atoms with Gasteiger partial charge in [-0.1, -0.05) is 25.8 Å². The van der Waals surface area contributed by atoms with Crippen LogP contribution >= 0.6 is 0 Å². The standard InChI is InChI=1S/C15H24N2O/c1-11-10-12(18-3)6-7-13(11)14(17-16)15(2)8-4-5-9-15/h6-7,10,14,17H,4-5,8-9,16H2,1-3H3. The third kappa shape index (κ3) is 2.38. The summed E-state index contributed by atoms with van der Waals surface area (Å²) in [5.74, 6) is 6.73. The van der Waals surface area contributed by atoms with Crippen molar-refractivity contribution in [2.75, 3.05) is 7.11 Å². The molecule has 1 aromatic carbocycles. The van der Waals surface area contributed by atoms with Crippen LogP contribution in [0.25, 0.3) is 0 Å². The van der Waals surface area contributed by atoms with Gasteiger partial charge in [-0.15, -0.1) is 0 Å². The highest BCUT2D eigenvalue weighted by atomic mass is 16.5. The Bertz CT molecular complexity index is 411. The lowest BCUT2D eigenvalue weighted by atomic mass is 9.76. The Labute approximate surface area is 110 Å². The quantitative estimate of drug-likeness (QED) is 0.636. The number of ether oxygens (including phenoxy) is 1. The van der Waals surface area contributed by atoms with Gasteiger partial charge in [-0.2, -0.15) is 0 Å². The first-order valence-corrected chi connectivity index (χ1v) is 6.71. The SMILES string of the molecule is COc1ccc(C(NN)C2(C)CCCC2)c(C)c1. The fourth-order valence-electron chi connectivity index (χ4n) is 3.24. The van der Waals surface area contributed by atoms with E-state index in [4.69, 9.17) is 10.6 Å². The number of hydrogen-bond donors (Lipinski definition) is 2. The van der Waals surface area contributed by atoms with Gasteiger partial charge in [-0.25, -0.2) is 0 Å². The summed E-state index contributed by atoms with van der Waals surface area (Å²) in [4.78, 5) is 0. The number of rotatable bonds is 4. The van der Waals surface area contributed by atoms with E-state index in [2.05, 4.69) is 31.4 Å². The van der Waals surface area contributed by atoms with Crippen LogP contribution < -0.4 is 16.0 Å². The summed E-state index contributed by atoms with van der Waals surface area (Å²) in [5.41, 5.74) is 5.85. The molecular weight excluding hydrogens is 224 g/mol. The van der Waals surface area contributed by atoms with Crippen molar-refractivity contribution in [2.24, 2.45) is 11.3 Å². The van der Waals surface area contributed by atoms with E-state index in [1.165, 1.54) is 36.8 Å². The highest BCUT2D eigenvalue weighted by Gasteiger charge is 2.37. The molecule has 1 unspecified atom stereocenters. The molecule has 1 fully saturated rings. The minimum absolute atomic E-state index is 0.228. The van der Waals surface area contributed by atoms with Crippen LogP contribution in [0.1, 0.15) is 49.8 Å². The van der Waals surface area contributed by atoms with E-state index in [1.54, 1.807) is 7.11 Å². The molecule has 100 valence electrons. The largest absolute Gasteiger partial charge is 0.497 e. The van der Waals surface area contributed by atoms with Crippen LogP contribution in [0.3, 0.4) is 0 Å². The van der Waals surface area contributed by atoms with Crippen LogP contribution in [0.5, 0.6) is 5.75 Å². The predicted molar refractivity (Wildman–Crippen MR) is 74.4 cm³/mol. The molecule has 0 amide bonds. The van der Waals surface area contributed by atoms with Crippen molar-refractivity contribution in [3.05, 3.63) is 29.3 Å². The Morgan fingerprint density at radius 3 is 2.50 bits per heavy atom. The first-order valence-electron chi connectivity index (χ1n) is 6.71. The lowest BCUT2D eigenvalue weighted by Gasteiger charge is -2.35. The van der Waals surface area contributed by atoms with E-state index in [0.29, 0.717) is 0 Å². The molecule has 3 N–H and O–H groups in total. The molecule has 1 saturated carbocycles. The van der Waals surface area contributed by atoms with Crippen LogP contribution in [0, 0.1) is 12.3 Å². The monoisotopic (exact) mass is 248 g/mol. The average molecular weight is 248 g/mol. The minimum atomic E-state index is 0.228. The molecule has 1 aliphatic rings. The molecule has 0 aromatic heterocycles. The second kappa shape index (κ2) is 5.29. The van der Waals surface area contributed by atoms with E-state index < -0.39 is 0 Å². The van der Waals surface area contributed by atoms with Crippen LogP contribution in [0.15, 0.2) is 18.2 Å². The molecular formula is C15H24N2O. The third-order valence-electron chi connectivity index (χ3n) is 4.40. The average Bonchev–Trinajstić information content (AvgIpc) is 2.79. The van der Waals surface area contributed by atoms with Crippen LogP contribution in [0.2, 0.25) is 0 Å². The molecule has 1 aromatic rings. The summed E-state index contributed by atoms with van der Waals surface area (Å²) in [5, 5.41) is 0. The summed E-state index contributed by atoms with van der Waals surface area (Å²) in [6.45, 7) is 4.47. The van der Waals surface area contributed by atoms with Gasteiger partial charge in [0.15, 0.2) is 0 Å². The lowest BCUT2D eigenvalue weighted by Crippen LogP contribution is -2.39. The first-order chi connectivity index (χ1) is 8.60. The molecule has 2 rings (SSSR count). The Balaban J connectivity index is 2.32. The van der Waals surface area contributed by atoms with E-state index >= 15 is 0 Å². The van der Waals surface area contributed by atoms with Gasteiger partial charge >= 0.3 is 0 Å². The number of nitrogens with two attached hydrogens (primary N) is 1. The number of nitrogens with one attached hydrogen (secondary N) is 1. The highest BCUT2D eigenvalue weighted by Crippen LogP contribution is 2.47. The van der Waals surface area contributed by atoms with Crippen molar-refractivity contribution in [1.29, 1.82) is 0 Å². The summed E-state index contributed by atoms with van der Waals surface area (Å²) < 4.78 is 5.26. The molecule has 18 heavy (non-hydrogen) atoms. The summed E-state index contributed by atoms with van der Waals surface area (Å²) in [6, 6.07) is 6.47. The van der Waals surface area contributed by atoms with E-state index in [9.17, 15) is 0 Å². The van der Waals surface area contributed by atoms with Crippen molar-refractivity contribution >= 4 is 0 Å². The van der Waals surface area contributed by atoms with Crippen molar-refractivity contribution in [3.63, 3.8) is 0 Å². The molecule has 0 aliphatic heterocycles. The Hall–Kier alpha value is -1.06. The zero-order valence-electron chi connectivity index (χ0n) is 11.6. The molecule has 0 saturated heterocycles. The third-order valence-corrected chi connectivity index (χ3v) is 4.40. The van der Waals surface area contributed by atoms with Crippen LogP contribution in [-0.4, -0.2) is 7.11 Å². The van der Waals surface area contributed by atoms with Crippen molar-refractivity contribution < 1.29 is 4.74 Å². The summed E-state index contributed by atoms with van der Waals surface area (Å²) in [6.07, 6.45) is 5.11. The maximum atomic E-state index is 5.83. The Morgan fingerprint density at radius 1 is 1.33 bits per heavy atom. The number of benzene rings is 1. The van der Waals surface area contributed by atoms with Gasteiger partial charge < -0.3 is 4.74 Å². The zero-order valence-corrected chi connectivity index (χ0v) is 11.6. The predicted octanol–water partition coefficient (Wildman–Crippen LogP) is 3.09.